The van der Waals surface area contributed by atoms with Gasteiger partial charge in [-0.25, -0.2) is 4.98 Å². The Bertz CT molecular complexity index is 1850. The number of hydrogen-bond acceptors (Lipinski definition) is 6. The van der Waals surface area contributed by atoms with Gasteiger partial charge >= 0.3 is 0 Å². The van der Waals surface area contributed by atoms with Crippen LogP contribution in [0.25, 0.3) is 10.9 Å². The van der Waals surface area contributed by atoms with Crippen LogP contribution < -0.4 is 5.32 Å². The van der Waals surface area contributed by atoms with Crippen LogP contribution in [0.1, 0.15) is 81.3 Å². The molecule has 3 N–H and O–H groups in total. The number of nitrogens with one attached hydrogen (secondary N) is 1. The van der Waals surface area contributed by atoms with E-state index in [0.29, 0.717) is 68.4 Å². The maximum absolute atomic E-state index is 14.2. The number of fused-ring (bicyclic) bond motifs is 6. The fourth-order valence-corrected chi connectivity index (χ4v) is 11.9. The summed E-state index contributed by atoms with van der Waals surface area (Å²) in [6.07, 6.45) is 13.8. The summed E-state index contributed by atoms with van der Waals surface area (Å²) in [7, 11) is 0. The molecule has 2 amide bonds. The SMILES string of the molecule is C#C[C@]1(O)CC[C@H]2[C@@H]3CCC4C[C@H](O)[C@@H](N5CCN(C(=O)[C@H](Cc6ccccc6)NC(=O)c6ccc7ccccc7n6)CC5)C[C@]4(C)[C@H]3CC[C@@]21C. The number of aliphatic hydroxyl groups is 2. The molecule has 4 saturated carbocycles. The van der Waals surface area contributed by atoms with Crippen molar-refractivity contribution in [2.24, 2.45) is 34.5 Å². The van der Waals surface area contributed by atoms with Crippen molar-refractivity contribution in [2.75, 3.05) is 26.2 Å². The number of aromatic nitrogens is 1. The minimum atomic E-state index is -1.00. The van der Waals surface area contributed by atoms with E-state index in [-0.39, 0.29) is 34.8 Å². The molecule has 3 aromatic rings. The van der Waals surface area contributed by atoms with Crippen molar-refractivity contribution >= 4 is 22.7 Å². The highest BCUT2D eigenvalue weighted by molar-refractivity contribution is 5.98. The summed E-state index contributed by atoms with van der Waals surface area (Å²) < 4.78 is 0. The van der Waals surface area contributed by atoms with Crippen LogP contribution >= 0.6 is 0 Å². The standard InChI is InChI=1S/C44H54N4O4/c1-4-44(52)21-19-34-32-16-15-31-27-39(49)38(28-42(31,2)33(32)18-20-43(34,44)3)47-22-24-48(25-23-47)41(51)37(26-29-10-6-5-7-11-29)46-40(50)36-17-14-30-12-8-9-13-35(30)45-36/h1,5-14,17,31-34,37-39,49,52H,15-16,18-28H2,2-3H3,(H,46,50)/t31?,32-,33+,34+,37+,38+,39+,42+,43+,44+/m1/s1. The summed E-state index contributed by atoms with van der Waals surface area (Å²) in [5.74, 6) is 4.45. The average molecular weight is 703 g/mol. The topological polar surface area (TPSA) is 106 Å². The lowest BCUT2D eigenvalue weighted by atomic mass is 9.44. The van der Waals surface area contributed by atoms with Crippen molar-refractivity contribution in [3.8, 4) is 12.3 Å². The number of para-hydroxylation sites is 1. The second-order valence-corrected chi connectivity index (χ2v) is 17.2. The van der Waals surface area contributed by atoms with Gasteiger partial charge in [-0.3, -0.25) is 14.5 Å². The number of piperazine rings is 1. The summed E-state index contributed by atoms with van der Waals surface area (Å²) in [5.41, 5.74) is 0.919. The van der Waals surface area contributed by atoms with E-state index >= 15 is 0 Å². The minimum absolute atomic E-state index is 0.0515. The molecule has 2 heterocycles. The first-order chi connectivity index (χ1) is 25.0. The highest BCUT2D eigenvalue weighted by atomic mass is 16.3. The molecule has 1 unspecified atom stereocenters. The molecule has 8 nitrogen and oxygen atoms in total. The summed E-state index contributed by atoms with van der Waals surface area (Å²) in [6, 6.07) is 20.4. The van der Waals surface area contributed by atoms with Crippen molar-refractivity contribution in [2.45, 2.75) is 95.4 Å². The first-order valence-electron chi connectivity index (χ1n) is 19.6. The van der Waals surface area contributed by atoms with E-state index in [0.717, 1.165) is 55.0 Å². The summed E-state index contributed by atoms with van der Waals surface area (Å²) in [5, 5.41) is 27.1. The lowest BCUT2D eigenvalue weighted by Crippen LogP contribution is -2.63. The van der Waals surface area contributed by atoms with Gasteiger partial charge in [0.1, 0.15) is 17.3 Å². The zero-order chi connectivity index (χ0) is 36.3. The average Bonchev–Trinajstić information content (AvgIpc) is 3.44. The van der Waals surface area contributed by atoms with Crippen LogP contribution in [0.3, 0.4) is 0 Å². The molecule has 274 valence electrons. The second kappa shape index (κ2) is 13.6. The van der Waals surface area contributed by atoms with Crippen LogP contribution in [0.5, 0.6) is 0 Å². The summed E-state index contributed by atoms with van der Waals surface area (Å²) in [6.45, 7) is 7.23. The monoisotopic (exact) mass is 702 g/mol. The van der Waals surface area contributed by atoms with E-state index in [4.69, 9.17) is 6.42 Å². The Morgan fingerprint density at radius 1 is 0.942 bits per heavy atom. The van der Waals surface area contributed by atoms with Crippen LogP contribution in [-0.4, -0.2) is 86.8 Å². The van der Waals surface area contributed by atoms with E-state index < -0.39 is 11.6 Å². The van der Waals surface area contributed by atoms with Gasteiger partial charge in [-0.1, -0.05) is 74.4 Å². The van der Waals surface area contributed by atoms with Gasteiger partial charge in [0.15, 0.2) is 0 Å². The molecule has 1 saturated heterocycles. The number of rotatable bonds is 6. The third kappa shape index (κ3) is 5.94. The molecule has 0 radical (unpaired) electrons. The van der Waals surface area contributed by atoms with Crippen molar-refractivity contribution < 1.29 is 19.8 Å². The zero-order valence-electron chi connectivity index (χ0n) is 30.7. The predicted octanol–water partition coefficient (Wildman–Crippen LogP) is 5.47. The fourth-order valence-electron chi connectivity index (χ4n) is 11.9. The normalized spacial score (nSPS) is 36.6. The van der Waals surface area contributed by atoms with Gasteiger partial charge in [-0.05, 0) is 98.1 Å². The van der Waals surface area contributed by atoms with Gasteiger partial charge in [0, 0.05) is 49.4 Å². The number of aliphatic hydroxyl groups excluding tert-OH is 1. The highest BCUT2D eigenvalue weighted by Gasteiger charge is 2.65. The maximum Gasteiger partial charge on any atom is 0.270 e. The molecule has 5 fully saturated rings. The molecule has 5 aliphatic rings. The van der Waals surface area contributed by atoms with Crippen molar-refractivity contribution in [3.63, 3.8) is 0 Å². The van der Waals surface area contributed by atoms with Gasteiger partial charge in [-0.15, -0.1) is 6.42 Å². The van der Waals surface area contributed by atoms with E-state index in [1.165, 1.54) is 6.42 Å². The third-order valence-electron chi connectivity index (χ3n) is 14.9. The first-order valence-corrected chi connectivity index (χ1v) is 19.6. The lowest BCUT2D eigenvalue weighted by molar-refractivity contribution is -0.163. The van der Waals surface area contributed by atoms with E-state index in [1.54, 1.807) is 6.07 Å². The van der Waals surface area contributed by atoms with Crippen molar-refractivity contribution in [1.82, 2.24) is 20.1 Å². The number of nitrogens with zero attached hydrogens (tertiary/aromatic N) is 3. The second-order valence-electron chi connectivity index (χ2n) is 17.2. The minimum Gasteiger partial charge on any atom is -0.391 e. The third-order valence-corrected chi connectivity index (χ3v) is 14.9. The Morgan fingerprint density at radius 3 is 2.44 bits per heavy atom. The fraction of sp³-hybridized carbons (Fsp3) is 0.568. The largest absolute Gasteiger partial charge is 0.391 e. The predicted molar refractivity (Wildman–Crippen MR) is 202 cm³/mol. The Kier molecular flexibility index (Phi) is 9.21. The molecule has 0 bridgehead atoms. The molecular formula is C44H54N4O4. The van der Waals surface area contributed by atoms with Gasteiger partial charge in [0.25, 0.3) is 5.91 Å². The molecule has 1 aromatic heterocycles. The van der Waals surface area contributed by atoms with Gasteiger partial charge < -0.3 is 20.4 Å². The van der Waals surface area contributed by atoms with Crippen molar-refractivity contribution in [3.05, 3.63) is 78.0 Å². The molecule has 1 aliphatic heterocycles. The Morgan fingerprint density at radius 2 is 1.67 bits per heavy atom. The van der Waals surface area contributed by atoms with Crippen LogP contribution in [0.4, 0.5) is 0 Å². The zero-order valence-corrected chi connectivity index (χ0v) is 30.7. The Hall–Kier alpha value is -3.77. The van der Waals surface area contributed by atoms with Crippen LogP contribution in [-0.2, 0) is 11.2 Å². The summed E-state index contributed by atoms with van der Waals surface area (Å²) in [4.78, 5) is 36.6. The number of hydrogen-bond donors (Lipinski definition) is 3. The number of carbonyl (C=O) groups excluding carboxylic acids is 2. The van der Waals surface area contributed by atoms with E-state index in [1.807, 2.05) is 65.6 Å². The number of carbonyl (C=O) groups is 2. The number of amides is 2. The number of pyridine rings is 1. The Balaban J connectivity index is 0.949. The van der Waals surface area contributed by atoms with Crippen molar-refractivity contribution in [1.29, 1.82) is 0 Å². The van der Waals surface area contributed by atoms with Crippen LogP contribution in [0.15, 0.2) is 66.7 Å². The molecule has 4 aliphatic carbocycles. The smallest absolute Gasteiger partial charge is 0.270 e. The van der Waals surface area contributed by atoms with E-state index in [2.05, 4.69) is 35.0 Å². The Labute approximate surface area is 308 Å². The van der Waals surface area contributed by atoms with Gasteiger partial charge in [-0.2, -0.15) is 0 Å². The number of terminal acetylenes is 1. The quantitative estimate of drug-likeness (QED) is 0.295. The molecule has 52 heavy (non-hydrogen) atoms. The maximum atomic E-state index is 14.2. The van der Waals surface area contributed by atoms with E-state index in [9.17, 15) is 19.8 Å². The lowest BCUT2D eigenvalue weighted by Gasteiger charge is -2.63. The van der Waals surface area contributed by atoms with Crippen LogP contribution in [0.2, 0.25) is 0 Å². The van der Waals surface area contributed by atoms with Gasteiger partial charge in [0.2, 0.25) is 5.91 Å². The number of benzene rings is 2. The van der Waals surface area contributed by atoms with Crippen LogP contribution in [0, 0.1) is 46.8 Å². The molecule has 10 atom stereocenters. The summed E-state index contributed by atoms with van der Waals surface area (Å²) >= 11 is 0. The molecule has 2 aromatic carbocycles. The molecular weight excluding hydrogens is 649 g/mol. The molecule has 8 rings (SSSR count). The molecule has 0 spiro atoms. The first kappa shape index (κ1) is 35.3. The highest BCUT2D eigenvalue weighted by Crippen LogP contribution is 2.68. The van der Waals surface area contributed by atoms with Gasteiger partial charge in [0.05, 0.1) is 11.6 Å². The molecule has 8 heteroatoms.